The molecule has 0 aliphatic heterocycles. The zero-order chi connectivity index (χ0) is 15.0. The van der Waals surface area contributed by atoms with Gasteiger partial charge in [-0.05, 0) is 47.1 Å². The second-order valence-electron chi connectivity index (χ2n) is 4.95. The summed E-state index contributed by atoms with van der Waals surface area (Å²) in [5.74, 6) is 0. The molecule has 0 saturated heterocycles. The third-order valence-corrected chi connectivity index (χ3v) is 4.22. The molecule has 1 aromatic rings. The van der Waals surface area contributed by atoms with E-state index in [2.05, 4.69) is 15.1 Å². The smallest absolute Gasteiger partial charge is 0.243 e. The van der Waals surface area contributed by atoms with Gasteiger partial charge < -0.3 is 10.2 Å². The molecule has 116 valence electrons. The fourth-order valence-corrected chi connectivity index (χ4v) is 2.73. The van der Waals surface area contributed by atoms with Crippen LogP contribution in [-0.2, 0) is 16.6 Å². The van der Waals surface area contributed by atoms with E-state index in [0.29, 0.717) is 13.1 Å². The van der Waals surface area contributed by atoms with Crippen LogP contribution in [0.5, 0.6) is 0 Å². The van der Waals surface area contributed by atoms with Gasteiger partial charge in [0.05, 0.1) is 6.20 Å². The highest BCUT2D eigenvalue weighted by Gasteiger charge is 2.15. The van der Waals surface area contributed by atoms with Gasteiger partial charge in [-0.25, -0.2) is 13.1 Å². The minimum atomic E-state index is -3.44. The van der Waals surface area contributed by atoms with E-state index in [1.165, 1.54) is 6.20 Å². The van der Waals surface area contributed by atoms with E-state index in [4.69, 9.17) is 0 Å². The standard InChI is InChI=1S/C12H25N5O2S/c1-13-6-4-9-17-11-12(10-14-17)20(18,19)15-7-5-8-16(2)3/h10-11,13,15H,4-9H2,1-3H3. The van der Waals surface area contributed by atoms with Gasteiger partial charge >= 0.3 is 0 Å². The molecule has 20 heavy (non-hydrogen) atoms. The van der Waals surface area contributed by atoms with Crippen molar-refractivity contribution in [2.45, 2.75) is 24.3 Å². The van der Waals surface area contributed by atoms with Crippen molar-refractivity contribution in [2.75, 3.05) is 40.8 Å². The second kappa shape index (κ2) is 8.35. The van der Waals surface area contributed by atoms with Crippen LogP contribution in [0.4, 0.5) is 0 Å². The van der Waals surface area contributed by atoms with Crippen LogP contribution in [0.15, 0.2) is 17.3 Å². The lowest BCUT2D eigenvalue weighted by atomic mass is 10.4. The highest BCUT2D eigenvalue weighted by Crippen LogP contribution is 2.07. The maximum atomic E-state index is 12.0. The van der Waals surface area contributed by atoms with Crippen molar-refractivity contribution in [3.8, 4) is 0 Å². The number of sulfonamides is 1. The minimum absolute atomic E-state index is 0.229. The lowest BCUT2D eigenvalue weighted by molar-refractivity contribution is 0.400. The van der Waals surface area contributed by atoms with Crippen LogP contribution in [0, 0.1) is 0 Å². The Morgan fingerprint density at radius 2 is 2.05 bits per heavy atom. The van der Waals surface area contributed by atoms with Crippen molar-refractivity contribution in [2.24, 2.45) is 0 Å². The summed E-state index contributed by atoms with van der Waals surface area (Å²) in [6.45, 7) is 2.87. The van der Waals surface area contributed by atoms with Crippen LogP contribution in [0.2, 0.25) is 0 Å². The minimum Gasteiger partial charge on any atom is -0.320 e. The lowest BCUT2D eigenvalue weighted by Crippen LogP contribution is -2.27. The molecule has 0 spiro atoms. The predicted molar refractivity (Wildman–Crippen MR) is 79.1 cm³/mol. The van der Waals surface area contributed by atoms with Crippen molar-refractivity contribution >= 4 is 10.0 Å². The van der Waals surface area contributed by atoms with E-state index in [0.717, 1.165) is 25.9 Å². The number of aromatic nitrogens is 2. The predicted octanol–water partition coefficient (Wildman–Crippen LogP) is -0.277. The van der Waals surface area contributed by atoms with Gasteiger partial charge in [-0.1, -0.05) is 0 Å². The van der Waals surface area contributed by atoms with Crippen molar-refractivity contribution in [1.29, 1.82) is 0 Å². The summed E-state index contributed by atoms with van der Waals surface area (Å²) in [6, 6.07) is 0. The molecular weight excluding hydrogens is 278 g/mol. The van der Waals surface area contributed by atoms with Crippen LogP contribution in [0.1, 0.15) is 12.8 Å². The van der Waals surface area contributed by atoms with Gasteiger partial charge in [-0.2, -0.15) is 5.10 Å². The van der Waals surface area contributed by atoms with Gasteiger partial charge in [0.15, 0.2) is 0 Å². The first-order valence-corrected chi connectivity index (χ1v) is 8.25. The van der Waals surface area contributed by atoms with Gasteiger partial charge in [0.1, 0.15) is 4.90 Å². The van der Waals surface area contributed by atoms with Crippen molar-refractivity contribution in [1.82, 2.24) is 24.7 Å². The van der Waals surface area contributed by atoms with E-state index in [-0.39, 0.29) is 4.90 Å². The number of hydrogen-bond acceptors (Lipinski definition) is 5. The summed E-state index contributed by atoms with van der Waals surface area (Å²) < 4.78 is 28.3. The Kier molecular flexibility index (Phi) is 7.14. The molecule has 1 rings (SSSR count). The molecule has 1 heterocycles. The molecule has 2 N–H and O–H groups in total. The average Bonchev–Trinajstić information content (AvgIpc) is 2.84. The third kappa shape index (κ3) is 6.00. The van der Waals surface area contributed by atoms with Crippen molar-refractivity contribution in [3.63, 3.8) is 0 Å². The summed E-state index contributed by atoms with van der Waals surface area (Å²) in [5.41, 5.74) is 0. The largest absolute Gasteiger partial charge is 0.320 e. The first kappa shape index (κ1) is 17.1. The molecule has 0 saturated carbocycles. The molecule has 0 aliphatic rings. The highest BCUT2D eigenvalue weighted by molar-refractivity contribution is 7.89. The van der Waals surface area contributed by atoms with Crippen molar-refractivity contribution < 1.29 is 8.42 Å². The van der Waals surface area contributed by atoms with Crippen molar-refractivity contribution in [3.05, 3.63) is 12.4 Å². The van der Waals surface area contributed by atoms with Crippen LogP contribution >= 0.6 is 0 Å². The Morgan fingerprint density at radius 3 is 2.70 bits per heavy atom. The summed E-state index contributed by atoms with van der Waals surface area (Å²) >= 11 is 0. The van der Waals surface area contributed by atoms with Gasteiger partial charge in [0.2, 0.25) is 10.0 Å². The van der Waals surface area contributed by atoms with Gasteiger partial charge in [0, 0.05) is 19.3 Å². The Hall–Kier alpha value is -0.960. The summed E-state index contributed by atoms with van der Waals surface area (Å²) in [5, 5.41) is 7.11. The Balaban J connectivity index is 2.46. The van der Waals surface area contributed by atoms with Gasteiger partial charge in [-0.3, -0.25) is 4.68 Å². The third-order valence-electron chi connectivity index (χ3n) is 2.81. The first-order chi connectivity index (χ1) is 9.45. The number of hydrogen-bond donors (Lipinski definition) is 2. The fourth-order valence-electron chi connectivity index (χ4n) is 1.71. The monoisotopic (exact) mass is 303 g/mol. The summed E-state index contributed by atoms with van der Waals surface area (Å²) in [4.78, 5) is 2.25. The average molecular weight is 303 g/mol. The fraction of sp³-hybridized carbons (Fsp3) is 0.750. The zero-order valence-corrected chi connectivity index (χ0v) is 13.3. The molecule has 7 nitrogen and oxygen atoms in total. The number of nitrogens with one attached hydrogen (secondary N) is 2. The summed E-state index contributed by atoms with van der Waals surface area (Å²) in [6.07, 6.45) is 4.66. The first-order valence-electron chi connectivity index (χ1n) is 6.77. The molecule has 0 fully saturated rings. The van der Waals surface area contributed by atoms with Crippen LogP contribution in [0.25, 0.3) is 0 Å². The van der Waals surface area contributed by atoms with Crippen LogP contribution < -0.4 is 10.0 Å². The molecule has 0 bridgehead atoms. The zero-order valence-electron chi connectivity index (χ0n) is 12.5. The maximum Gasteiger partial charge on any atom is 0.243 e. The lowest BCUT2D eigenvalue weighted by Gasteiger charge is -2.09. The molecule has 0 aliphatic carbocycles. The number of nitrogens with zero attached hydrogens (tertiary/aromatic N) is 3. The quantitative estimate of drug-likeness (QED) is 0.581. The van der Waals surface area contributed by atoms with E-state index < -0.39 is 10.0 Å². The molecule has 0 amide bonds. The Bertz CT molecular complexity index is 484. The molecule has 0 unspecified atom stereocenters. The van der Waals surface area contributed by atoms with Crippen LogP contribution in [0.3, 0.4) is 0 Å². The summed E-state index contributed by atoms with van der Waals surface area (Å²) in [7, 11) is 2.37. The Morgan fingerprint density at radius 1 is 1.30 bits per heavy atom. The molecule has 0 atom stereocenters. The maximum absolute atomic E-state index is 12.0. The molecular formula is C12H25N5O2S. The molecule has 8 heteroatoms. The second-order valence-corrected chi connectivity index (χ2v) is 6.72. The van der Waals surface area contributed by atoms with Gasteiger partial charge in [0.25, 0.3) is 0 Å². The van der Waals surface area contributed by atoms with Crippen LogP contribution in [-0.4, -0.2) is 63.9 Å². The van der Waals surface area contributed by atoms with E-state index in [9.17, 15) is 8.42 Å². The topological polar surface area (TPSA) is 79.3 Å². The Labute approximate surface area is 121 Å². The van der Waals surface area contributed by atoms with Gasteiger partial charge in [-0.15, -0.1) is 0 Å². The van der Waals surface area contributed by atoms with E-state index >= 15 is 0 Å². The number of rotatable bonds is 10. The normalized spacial score (nSPS) is 12.2. The van der Waals surface area contributed by atoms with E-state index in [1.807, 2.05) is 26.0 Å². The number of aryl methyl sites for hydroxylation is 1. The van der Waals surface area contributed by atoms with E-state index in [1.54, 1.807) is 10.9 Å². The SMILES string of the molecule is CNCCCn1cc(S(=O)(=O)NCCCN(C)C)cn1. The highest BCUT2D eigenvalue weighted by atomic mass is 32.2. The molecule has 0 radical (unpaired) electrons. The molecule has 0 aromatic carbocycles. The molecule has 1 aromatic heterocycles.